The molecule has 70 valence electrons. The van der Waals surface area contributed by atoms with E-state index in [2.05, 4.69) is 0 Å². The van der Waals surface area contributed by atoms with Crippen LogP contribution in [0.25, 0.3) is 0 Å². The van der Waals surface area contributed by atoms with E-state index in [1.165, 1.54) is 5.56 Å². The zero-order valence-electron chi connectivity index (χ0n) is 7.75. The summed E-state index contributed by atoms with van der Waals surface area (Å²) in [5.74, 6) is 0. The number of hydrogen-bond donors (Lipinski definition) is 0. The SMILES string of the molecule is CCN(C(=O)I)c1ccc(C)cc1. The third-order valence-corrected chi connectivity index (χ3v) is 2.46. The van der Waals surface area contributed by atoms with Gasteiger partial charge in [-0.05, 0) is 26.0 Å². The van der Waals surface area contributed by atoms with Gasteiger partial charge in [-0.25, -0.2) is 0 Å². The summed E-state index contributed by atoms with van der Waals surface area (Å²) in [7, 11) is 0. The van der Waals surface area contributed by atoms with Gasteiger partial charge in [0.1, 0.15) is 0 Å². The summed E-state index contributed by atoms with van der Waals surface area (Å²) < 4.78 is 0.0592. The fourth-order valence-electron chi connectivity index (χ4n) is 1.13. The Hall–Kier alpha value is -0.580. The van der Waals surface area contributed by atoms with Crippen molar-refractivity contribution in [1.29, 1.82) is 0 Å². The highest BCUT2D eigenvalue weighted by atomic mass is 127. The average molecular weight is 289 g/mol. The van der Waals surface area contributed by atoms with Crippen LogP contribution in [0.1, 0.15) is 12.5 Å². The molecule has 1 aromatic rings. The maximum atomic E-state index is 11.2. The minimum atomic E-state index is 0.0592. The summed E-state index contributed by atoms with van der Waals surface area (Å²) in [4.78, 5) is 12.9. The summed E-state index contributed by atoms with van der Waals surface area (Å²) in [6.07, 6.45) is 0. The van der Waals surface area contributed by atoms with Crippen molar-refractivity contribution in [3.05, 3.63) is 29.8 Å². The Bertz CT molecular complexity index is 294. The van der Waals surface area contributed by atoms with Crippen LogP contribution >= 0.6 is 22.6 Å². The summed E-state index contributed by atoms with van der Waals surface area (Å²) in [6, 6.07) is 7.96. The molecule has 0 N–H and O–H groups in total. The summed E-state index contributed by atoms with van der Waals surface area (Å²) in [6.45, 7) is 4.72. The number of carbonyl (C=O) groups excluding carboxylic acids is 1. The normalized spacial score (nSPS) is 9.77. The first kappa shape index (κ1) is 10.5. The molecule has 0 saturated carbocycles. The predicted octanol–water partition coefficient (Wildman–Crippen LogP) is 3.38. The van der Waals surface area contributed by atoms with Gasteiger partial charge in [0.2, 0.25) is 0 Å². The van der Waals surface area contributed by atoms with E-state index in [1.807, 2.05) is 38.1 Å². The van der Waals surface area contributed by atoms with Crippen molar-refractivity contribution in [2.75, 3.05) is 11.4 Å². The highest BCUT2D eigenvalue weighted by Crippen LogP contribution is 2.17. The van der Waals surface area contributed by atoms with Crippen LogP contribution in [0.15, 0.2) is 24.3 Å². The molecule has 1 rings (SSSR count). The molecule has 0 atom stereocenters. The van der Waals surface area contributed by atoms with Crippen LogP contribution < -0.4 is 4.90 Å². The highest BCUT2D eigenvalue weighted by Gasteiger charge is 2.08. The average Bonchev–Trinajstić information content (AvgIpc) is 2.09. The van der Waals surface area contributed by atoms with E-state index < -0.39 is 0 Å². The fourth-order valence-corrected chi connectivity index (χ4v) is 1.75. The third kappa shape index (κ3) is 2.69. The van der Waals surface area contributed by atoms with E-state index >= 15 is 0 Å². The second kappa shape index (κ2) is 4.60. The van der Waals surface area contributed by atoms with Gasteiger partial charge in [0.15, 0.2) is 0 Å². The molecule has 0 unspecified atom stereocenters. The second-order valence-electron chi connectivity index (χ2n) is 2.83. The van der Waals surface area contributed by atoms with E-state index in [4.69, 9.17) is 0 Å². The van der Waals surface area contributed by atoms with Gasteiger partial charge < -0.3 is 4.90 Å². The van der Waals surface area contributed by atoms with Crippen LogP contribution in [0, 0.1) is 6.92 Å². The first-order valence-corrected chi connectivity index (χ1v) is 5.26. The topological polar surface area (TPSA) is 20.3 Å². The predicted molar refractivity (Wildman–Crippen MR) is 63.6 cm³/mol. The van der Waals surface area contributed by atoms with Crippen LogP contribution in [-0.4, -0.2) is 10.5 Å². The molecule has 0 spiro atoms. The molecule has 1 amide bonds. The van der Waals surface area contributed by atoms with E-state index in [1.54, 1.807) is 27.5 Å². The maximum absolute atomic E-state index is 11.2. The Balaban J connectivity index is 2.92. The molecule has 0 heterocycles. The highest BCUT2D eigenvalue weighted by molar-refractivity contribution is 14.1. The minimum Gasteiger partial charge on any atom is -0.304 e. The number of aryl methyl sites for hydroxylation is 1. The van der Waals surface area contributed by atoms with Crippen LogP contribution in [0.5, 0.6) is 0 Å². The van der Waals surface area contributed by atoms with Gasteiger partial charge >= 0.3 is 0 Å². The minimum absolute atomic E-state index is 0.0592. The van der Waals surface area contributed by atoms with Crippen LogP contribution in [0.4, 0.5) is 10.5 Å². The van der Waals surface area contributed by atoms with Crippen molar-refractivity contribution in [1.82, 2.24) is 0 Å². The molecule has 0 fully saturated rings. The molecule has 0 saturated heterocycles. The van der Waals surface area contributed by atoms with Crippen LogP contribution in [0.3, 0.4) is 0 Å². The van der Waals surface area contributed by atoms with Crippen molar-refractivity contribution in [2.45, 2.75) is 13.8 Å². The molecule has 0 bridgehead atoms. The monoisotopic (exact) mass is 289 g/mol. The Morgan fingerprint density at radius 2 is 1.92 bits per heavy atom. The van der Waals surface area contributed by atoms with Crippen molar-refractivity contribution in [3.63, 3.8) is 0 Å². The van der Waals surface area contributed by atoms with Gasteiger partial charge in [0.25, 0.3) is 3.91 Å². The molecule has 0 aliphatic carbocycles. The molecule has 13 heavy (non-hydrogen) atoms. The van der Waals surface area contributed by atoms with E-state index in [9.17, 15) is 4.79 Å². The molecular weight excluding hydrogens is 277 g/mol. The van der Waals surface area contributed by atoms with Crippen molar-refractivity contribution in [2.24, 2.45) is 0 Å². The zero-order chi connectivity index (χ0) is 9.84. The van der Waals surface area contributed by atoms with Crippen molar-refractivity contribution in [3.8, 4) is 0 Å². The van der Waals surface area contributed by atoms with E-state index in [-0.39, 0.29) is 3.91 Å². The number of nitrogens with zero attached hydrogens (tertiary/aromatic N) is 1. The Morgan fingerprint density at radius 3 is 2.31 bits per heavy atom. The molecule has 3 heteroatoms. The Morgan fingerprint density at radius 1 is 1.38 bits per heavy atom. The zero-order valence-corrected chi connectivity index (χ0v) is 9.91. The Labute approximate surface area is 92.1 Å². The lowest BCUT2D eigenvalue weighted by molar-refractivity contribution is 0.267. The molecule has 0 radical (unpaired) electrons. The number of hydrogen-bond acceptors (Lipinski definition) is 1. The second-order valence-corrected chi connectivity index (χ2v) is 3.76. The van der Waals surface area contributed by atoms with Gasteiger partial charge in [-0.3, -0.25) is 4.79 Å². The van der Waals surface area contributed by atoms with E-state index in [0.29, 0.717) is 6.54 Å². The van der Waals surface area contributed by atoms with Crippen LogP contribution in [-0.2, 0) is 0 Å². The third-order valence-electron chi connectivity index (χ3n) is 1.87. The number of anilines is 1. The Kier molecular flexibility index (Phi) is 3.71. The largest absolute Gasteiger partial charge is 0.304 e. The van der Waals surface area contributed by atoms with Crippen molar-refractivity contribution >= 4 is 32.2 Å². The molecule has 0 aliphatic rings. The molecule has 2 nitrogen and oxygen atoms in total. The maximum Gasteiger partial charge on any atom is 0.287 e. The molecule has 0 aromatic heterocycles. The first-order chi connectivity index (χ1) is 6.15. The number of amides is 1. The lowest BCUT2D eigenvalue weighted by atomic mass is 10.2. The molecule has 1 aromatic carbocycles. The van der Waals surface area contributed by atoms with Gasteiger partial charge in [0.05, 0.1) is 0 Å². The smallest absolute Gasteiger partial charge is 0.287 e. The van der Waals surface area contributed by atoms with Crippen molar-refractivity contribution < 1.29 is 4.79 Å². The molecule has 0 aliphatic heterocycles. The van der Waals surface area contributed by atoms with Gasteiger partial charge in [-0.15, -0.1) is 0 Å². The fraction of sp³-hybridized carbons (Fsp3) is 0.300. The van der Waals surface area contributed by atoms with E-state index in [0.717, 1.165) is 5.69 Å². The summed E-state index contributed by atoms with van der Waals surface area (Å²) in [5, 5.41) is 0. The lowest BCUT2D eigenvalue weighted by Gasteiger charge is -2.17. The molecular formula is C10H12INO. The standard InChI is InChI=1S/C10H12INO/c1-3-12(10(11)13)9-6-4-8(2)5-7-9/h4-7H,3H2,1-2H3. The quantitative estimate of drug-likeness (QED) is 0.464. The van der Waals surface area contributed by atoms with Gasteiger partial charge in [-0.1, -0.05) is 17.7 Å². The first-order valence-electron chi connectivity index (χ1n) is 4.19. The summed E-state index contributed by atoms with van der Waals surface area (Å²) >= 11 is 1.80. The number of carbonyl (C=O) groups is 1. The van der Waals surface area contributed by atoms with Gasteiger partial charge in [-0.2, -0.15) is 0 Å². The van der Waals surface area contributed by atoms with Gasteiger partial charge in [0, 0.05) is 34.8 Å². The number of rotatable bonds is 2. The lowest BCUT2D eigenvalue weighted by Crippen LogP contribution is -2.24. The number of benzene rings is 1. The number of halogens is 1. The van der Waals surface area contributed by atoms with Crippen LogP contribution in [0.2, 0.25) is 0 Å². The summed E-state index contributed by atoms with van der Waals surface area (Å²) in [5.41, 5.74) is 2.17.